The number of quaternary nitrogens is 1. The Kier molecular flexibility index (Phi) is 10.9. The molecule has 0 fully saturated rings. The number of rotatable bonds is 2. The van der Waals surface area contributed by atoms with E-state index in [1.165, 1.54) is 6.54 Å². The Morgan fingerprint density at radius 1 is 1.00 bits per heavy atom. The summed E-state index contributed by atoms with van der Waals surface area (Å²) in [6.45, 7) is 1.17. The molecule has 0 radical (unpaired) electrons. The van der Waals surface area contributed by atoms with Crippen LogP contribution in [0, 0.1) is 0 Å². The van der Waals surface area contributed by atoms with Crippen LogP contribution in [0.5, 0.6) is 0 Å². The smallest absolute Gasteiger partial charge is 1.00 e. The number of hydrogen-bond donors (Lipinski definition) is 0. The standard InChI is InChI=1S/C9H16N.C5H6.ClH.Fe/c1-10(2,3)8-9-6-4-5-7-9;1-2-4-5-3-1;;/h4-6H,7-8H2,1-3H3;1-4H,5H2;1H;/q+1;;;+2/p-1. The van der Waals surface area contributed by atoms with E-state index >= 15 is 0 Å². The molecule has 0 aromatic rings. The zero-order valence-corrected chi connectivity index (χ0v) is 12.7. The summed E-state index contributed by atoms with van der Waals surface area (Å²) in [6.07, 6.45) is 17.2. The van der Waals surface area contributed by atoms with E-state index in [4.69, 9.17) is 0 Å². The fourth-order valence-corrected chi connectivity index (χ4v) is 1.61. The Labute approximate surface area is 122 Å². The number of allylic oxidation sites excluding steroid dienone is 7. The molecule has 2 rings (SSSR count). The van der Waals surface area contributed by atoms with Gasteiger partial charge in [0.1, 0.15) is 6.54 Å². The molecule has 0 N–H and O–H groups in total. The zero-order chi connectivity index (χ0) is 11.1. The Hall–Kier alpha value is -0.271. The van der Waals surface area contributed by atoms with E-state index in [2.05, 4.69) is 63.7 Å². The number of halogens is 1. The number of hydrogen-bond acceptors (Lipinski definition) is 0. The van der Waals surface area contributed by atoms with Crippen LogP contribution in [0.4, 0.5) is 0 Å². The van der Waals surface area contributed by atoms with Crippen molar-refractivity contribution in [3.8, 4) is 0 Å². The van der Waals surface area contributed by atoms with Crippen LogP contribution in [0.3, 0.4) is 0 Å². The van der Waals surface area contributed by atoms with Crippen molar-refractivity contribution >= 4 is 0 Å². The zero-order valence-electron chi connectivity index (χ0n) is 10.8. The molecule has 2 aliphatic rings. The monoisotopic (exact) mass is 295 g/mol. The van der Waals surface area contributed by atoms with E-state index in [0.29, 0.717) is 0 Å². The van der Waals surface area contributed by atoms with Gasteiger partial charge in [0.15, 0.2) is 0 Å². The summed E-state index contributed by atoms with van der Waals surface area (Å²) in [6, 6.07) is 0. The molecule has 2 aliphatic carbocycles. The van der Waals surface area contributed by atoms with Gasteiger partial charge < -0.3 is 16.9 Å². The maximum absolute atomic E-state index is 2.23. The summed E-state index contributed by atoms with van der Waals surface area (Å²) in [5, 5.41) is 0. The maximum atomic E-state index is 2.23. The van der Waals surface area contributed by atoms with E-state index in [9.17, 15) is 0 Å². The molecule has 96 valence electrons. The predicted molar refractivity (Wildman–Crippen MR) is 67.6 cm³/mol. The predicted octanol–water partition coefficient (Wildman–Crippen LogP) is 0.0829. The third kappa shape index (κ3) is 10.6. The molecule has 0 aromatic carbocycles. The summed E-state index contributed by atoms with van der Waals surface area (Å²) in [4.78, 5) is 0. The van der Waals surface area contributed by atoms with Gasteiger partial charge in [-0.25, -0.2) is 0 Å². The Morgan fingerprint density at radius 2 is 1.59 bits per heavy atom. The largest absolute Gasteiger partial charge is 2.00 e. The van der Waals surface area contributed by atoms with Crippen LogP contribution >= 0.6 is 0 Å². The quantitative estimate of drug-likeness (QED) is 0.500. The molecule has 0 atom stereocenters. The molecule has 0 saturated carbocycles. The van der Waals surface area contributed by atoms with Crippen molar-refractivity contribution in [2.45, 2.75) is 12.8 Å². The molecule has 0 aliphatic heterocycles. The third-order valence-corrected chi connectivity index (χ3v) is 2.18. The van der Waals surface area contributed by atoms with Gasteiger partial charge in [-0.1, -0.05) is 42.5 Å². The fourth-order valence-electron chi connectivity index (χ4n) is 1.61. The number of nitrogens with zero attached hydrogens (tertiary/aromatic N) is 1. The van der Waals surface area contributed by atoms with Crippen LogP contribution in [0.25, 0.3) is 0 Å². The molecule has 0 bridgehead atoms. The van der Waals surface area contributed by atoms with Gasteiger partial charge in [0, 0.05) is 0 Å². The summed E-state index contributed by atoms with van der Waals surface area (Å²) >= 11 is 0. The van der Waals surface area contributed by atoms with E-state index in [1.807, 2.05) is 0 Å². The second kappa shape index (κ2) is 9.73. The molecule has 1 nitrogen and oxygen atoms in total. The van der Waals surface area contributed by atoms with E-state index in [1.54, 1.807) is 5.57 Å². The summed E-state index contributed by atoms with van der Waals surface area (Å²) < 4.78 is 1.04. The average Bonchev–Trinajstić information content (AvgIpc) is 2.71. The van der Waals surface area contributed by atoms with Crippen molar-refractivity contribution < 1.29 is 34.0 Å². The summed E-state index contributed by atoms with van der Waals surface area (Å²) in [7, 11) is 6.66. The van der Waals surface area contributed by atoms with Crippen LogP contribution in [0.15, 0.2) is 48.1 Å². The van der Waals surface area contributed by atoms with Gasteiger partial charge in [0.2, 0.25) is 0 Å². The van der Waals surface area contributed by atoms with Gasteiger partial charge in [-0.15, -0.1) is 0 Å². The molecular formula is C14H22ClFeN+2. The van der Waals surface area contributed by atoms with E-state index < -0.39 is 0 Å². The van der Waals surface area contributed by atoms with Crippen molar-refractivity contribution in [1.29, 1.82) is 0 Å². The second-order valence-corrected chi connectivity index (χ2v) is 5.00. The minimum Gasteiger partial charge on any atom is -1.00 e. The molecular weight excluding hydrogens is 273 g/mol. The van der Waals surface area contributed by atoms with Crippen LogP contribution < -0.4 is 12.4 Å². The molecule has 0 aromatic heterocycles. The van der Waals surface area contributed by atoms with Crippen molar-refractivity contribution in [3.05, 3.63) is 48.1 Å². The number of likely N-dealkylation sites (N-methyl/N-ethyl adjacent to an activating group) is 1. The van der Waals surface area contributed by atoms with Gasteiger partial charge in [-0.2, -0.15) is 0 Å². The normalized spacial score (nSPS) is 15.6. The Balaban J connectivity index is 0. The first-order chi connectivity index (χ1) is 7.08. The minimum absolute atomic E-state index is 0. The fraction of sp³-hybridized carbons (Fsp3) is 0.429. The van der Waals surface area contributed by atoms with Gasteiger partial charge >= 0.3 is 17.1 Å². The second-order valence-electron chi connectivity index (χ2n) is 5.00. The van der Waals surface area contributed by atoms with E-state index in [0.717, 1.165) is 17.3 Å². The van der Waals surface area contributed by atoms with Crippen molar-refractivity contribution in [2.24, 2.45) is 0 Å². The molecule has 3 heteroatoms. The average molecular weight is 296 g/mol. The molecule has 17 heavy (non-hydrogen) atoms. The first-order valence-corrected chi connectivity index (χ1v) is 5.55. The Bertz CT molecular complexity index is 299. The van der Waals surface area contributed by atoms with Gasteiger partial charge in [0.05, 0.1) is 21.1 Å². The van der Waals surface area contributed by atoms with Crippen LogP contribution in [-0.2, 0) is 17.1 Å². The van der Waals surface area contributed by atoms with E-state index in [-0.39, 0.29) is 29.5 Å². The summed E-state index contributed by atoms with van der Waals surface area (Å²) in [5.74, 6) is 0. The topological polar surface area (TPSA) is 0 Å². The first kappa shape index (κ1) is 19.1. The summed E-state index contributed by atoms with van der Waals surface area (Å²) in [5.41, 5.74) is 1.55. The molecule has 0 amide bonds. The van der Waals surface area contributed by atoms with Gasteiger partial charge in [-0.05, 0) is 18.4 Å². The van der Waals surface area contributed by atoms with Crippen molar-refractivity contribution in [3.63, 3.8) is 0 Å². The van der Waals surface area contributed by atoms with Crippen molar-refractivity contribution in [2.75, 3.05) is 27.7 Å². The third-order valence-electron chi connectivity index (χ3n) is 2.18. The molecule has 0 unspecified atom stereocenters. The Morgan fingerprint density at radius 3 is 1.88 bits per heavy atom. The van der Waals surface area contributed by atoms with Gasteiger partial charge in [-0.3, -0.25) is 0 Å². The SMILES string of the molecule is C1=CCC=C1.C[N+](C)(C)CC1=CC=CC1.[Cl-].[Fe+2]. The maximum Gasteiger partial charge on any atom is 2.00 e. The van der Waals surface area contributed by atoms with Crippen molar-refractivity contribution in [1.82, 2.24) is 0 Å². The van der Waals surface area contributed by atoms with Gasteiger partial charge in [0.25, 0.3) is 0 Å². The van der Waals surface area contributed by atoms with Crippen LogP contribution in [0.2, 0.25) is 0 Å². The first-order valence-electron chi connectivity index (χ1n) is 5.55. The molecule has 0 saturated heterocycles. The minimum atomic E-state index is 0. The molecule has 0 spiro atoms. The van der Waals surface area contributed by atoms with Crippen LogP contribution in [-0.4, -0.2) is 32.2 Å². The van der Waals surface area contributed by atoms with Crippen LogP contribution in [0.1, 0.15) is 12.8 Å². The molecule has 0 heterocycles.